The molecule has 0 radical (unpaired) electrons. The predicted octanol–water partition coefficient (Wildman–Crippen LogP) is 5.16. The van der Waals surface area contributed by atoms with Gasteiger partial charge in [0.2, 0.25) is 0 Å². The molecule has 19 heavy (non-hydrogen) atoms. The summed E-state index contributed by atoms with van der Waals surface area (Å²) in [4.78, 5) is 14.0. The van der Waals surface area contributed by atoms with E-state index in [9.17, 15) is 4.79 Å². The van der Waals surface area contributed by atoms with E-state index in [0.717, 1.165) is 30.4 Å². The molecule has 0 spiro atoms. The average molecular weight is 366 g/mol. The summed E-state index contributed by atoms with van der Waals surface area (Å²) in [6.07, 6.45) is 4.47. The van der Waals surface area contributed by atoms with E-state index in [1.54, 1.807) is 12.1 Å². The van der Waals surface area contributed by atoms with Crippen LogP contribution >= 0.6 is 39.1 Å². The zero-order valence-electron chi connectivity index (χ0n) is 10.4. The van der Waals surface area contributed by atoms with Crippen molar-refractivity contribution in [2.75, 3.05) is 18.4 Å². The molecule has 1 aliphatic rings. The number of hydrogen-bond donors (Lipinski definition) is 1. The van der Waals surface area contributed by atoms with Gasteiger partial charge in [-0.1, -0.05) is 52.0 Å². The summed E-state index contributed by atoms with van der Waals surface area (Å²) in [7, 11) is 0. The van der Waals surface area contributed by atoms with Crippen molar-refractivity contribution in [3.8, 4) is 0 Å². The van der Waals surface area contributed by atoms with Gasteiger partial charge in [0.15, 0.2) is 0 Å². The minimum Gasteiger partial charge on any atom is -0.325 e. The number of benzene rings is 1. The first-order valence-corrected chi connectivity index (χ1v) is 7.83. The average Bonchev–Trinajstić information content (AvgIpc) is 2.62. The van der Waals surface area contributed by atoms with Crippen LogP contribution in [0.4, 0.5) is 10.5 Å². The van der Waals surface area contributed by atoms with Crippen LogP contribution in [0.3, 0.4) is 0 Å². The molecule has 1 aromatic carbocycles. The van der Waals surface area contributed by atoms with Crippen LogP contribution < -0.4 is 5.32 Å². The quantitative estimate of drug-likeness (QED) is 0.731. The molecule has 6 heteroatoms. The molecule has 2 amide bonds. The molecule has 1 heterocycles. The Kier molecular flexibility index (Phi) is 5.37. The number of nitrogens with zero attached hydrogens (tertiary/aromatic N) is 1. The van der Waals surface area contributed by atoms with Gasteiger partial charge in [0.05, 0.1) is 15.7 Å². The smallest absolute Gasteiger partial charge is 0.321 e. The molecule has 1 aromatic rings. The van der Waals surface area contributed by atoms with E-state index < -0.39 is 0 Å². The number of carbonyl (C=O) groups excluding carboxylic acids is 1. The predicted molar refractivity (Wildman–Crippen MR) is 83.2 cm³/mol. The molecule has 1 N–H and O–H groups in total. The van der Waals surface area contributed by atoms with E-state index in [1.807, 2.05) is 4.90 Å². The van der Waals surface area contributed by atoms with Crippen molar-refractivity contribution >= 4 is 50.9 Å². The van der Waals surface area contributed by atoms with Crippen molar-refractivity contribution in [1.82, 2.24) is 4.90 Å². The van der Waals surface area contributed by atoms with Crippen molar-refractivity contribution in [3.05, 3.63) is 26.7 Å². The van der Waals surface area contributed by atoms with Gasteiger partial charge in [0.1, 0.15) is 0 Å². The van der Waals surface area contributed by atoms with E-state index in [1.165, 1.54) is 12.8 Å². The highest BCUT2D eigenvalue weighted by Crippen LogP contribution is 2.34. The van der Waals surface area contributed by atoms with Gasteiger partial charge in [-0.15, -0.1) is 0 Å². The minimum atomic E-state index is -0.131. The van der Waals surface area contributed by atoms with Crippen LogP contribution in [0.15, 0.2) is 16.6 Å². The number of urea groups is 1. The molecule has 104 valence electrons. The Morgan fingerprint density at radius 2 is 1.63 bits per heavy atom. The first kappa shape index (κ1) is 14.9. The zero-order chi connectivity index (χ0) is 13.8. The highest BCUT2D eigenvalue weighted by atomic mass is 79.9. The second kappa shape index (κ2) is 6.82. The lowest BCUT2D eigenvalue weighted by molar-refractivity contribution is 0.214. The molecule has 0 saturated carbocycles. The fourth-order valence-corrected chi connectivity index (χ4v) is 3.42. The third-order valence-electron chi connectivity index (χ3n) is 3.13. The number of amides is 2. The Hall–Kier alpha value is -0.450. The summed E-state index contributed by atoms with van der Waals surface area (Å²) in [5, 5.41) is 3.67. The number of rotatable bonds is 1. The standard InChI is InChI=1S/C13H15BrCl2N2O/c14-9-7-10(15)12(11(16)8-9)17-13(19)18-5-3-1-2-4-6-18/h7-8H,1-6H2,(H,17,19). The normalized spacial score (nSPS) is 16.1. The Balaban J connectivity index is 2.10. The molecule has 0 atom stereocenters. The van der Waals surface area contributed by atoms with Crippen LogP contribution in [-0.2, 0) is 0 Å². The van der Waals surface area contributed by atoms with Crippen molar-refractivity contribution in [2.45, 2.75) is 25.7 Å². The molecule has 0 aliphatic carbocycles. The van der Waals surface area contributed by atoms with Crippen molar-refractivity contribution in [3.63, 3.8) is 0 Å². The third kappa shape index (κ3) is 4.01. The van der Waals surface area contributed by atoms with Gasteiger partial charge in [0, 0.05) is 17.6 Å². The largest absolute Gasteiger partial charge is 0.325 e. The Bertz CT molecular complexity index is 451. The zero-order valence-corrected chi connectivity index (χ0v) is 13.5. The van der Waals surface area contributed by atoms with E-state index in [2.05, 4.69) is 21.2 Å². The van der Waals surface area contributed by atoms with Gasteiger partial charge >= 0.3 is 6.03 Å². The van der Waals surface area contributed by atoms with Gasteiger partial charge < -0.3 is 10.2 Å². The molecule has 0 unspecified atom stereocenters. The minimum absolute atomic E-state index is 0.131. The fourth-order valence-electron chi connectivity index (χ4n) is 2.12. The number of carbonyl (C=O) groups is 1. The summed E-state index contributed by atoms with van der Waals surface area (Å²) >= 11 is 15.5. The maximum absolute atomic E-state index is 12.2. The molecule has 0 aromatic heterocycles. The maximum Gasteiger partial charge on any atom is 0.321 e. The second-order valence-electron chi connectivity index (χ2n) is 4.58. The molecule has 1 saturated heterocycles. The highest BCUT2D eigenvalue weighted by molar-refractivity contribution is 9.10. The molecule has 0 bridgehead atoms. The molecule has 3 nitrogen and oxygen atoms in total. The summed E-state index contributed by atoms with van der Waals surface area (Å²) < 4.78 is 0.787. The van der Waals surface area contributed by atoms with Gasteiger partial charge in [-0.25, -0.2) is 4.79 Å². The number of halogens is 3. The van der Waals surface area contributed by atoms with E-state index >= 15 is 0 Å². The molecule has 2 rings (SSSR count). The van der Waals surface area contributed by atoms with Crippen molar-refractivity contribution in [2.24, 2.45) is 0 Å². The molecule has 1 aliphatic heterocycles. The number of likely N-dealkylation sites (tertiary alicyclic amines) is 1. The third-order valence-corrected chi connectivity index (χ3v) is 4.19. The second-order valence-corrected chi connectivity index (χ2v) is 6.31. The summed E-state index contributed by atoms with van der Waals surface area (Å²) in [5.74, 6) is 0. The van der Waals surface area contributed by atoms with Crippen LogP contribution in [0.1, 0.15) is 25.7 Å². The number of nitrogens with one attached hydrogen (secondary N) is 1. The molecular weight excluding hydrogens is 351 g/mol. The van der Waals surface area contributed by atoms with Crippen LogP contribution in [0.5, 0.6) is 0 Å². The lowest BCUT2D eigenvalue weighted by atomic mass is 10.2. The van der Waals surface area contributed by atoms with E-state index in [4.69, 9.17) is 23.2 Å². The van der Waals surface area contributed by atoms with Crippen molar-refractivity contribution in [1.29, 1.82) is 0 Å². The van der Waals surface area contributed by atoms with Gasteiger partial charge in [0.25, 0.3) is 0 Å². The monoisotopic (exact) mass is 364 g/mol. The lowest BCUT2D eigenvalue weighted by Crippen LogP contribution is -2.35. The number of anilines is 1. The van der Waals surface area contributed by atoms with E-state index in [0.29, 0.717) is 15.7 Å². The Labute approximate surface area is 131 Å². The van der Waals surface area contributed by atoms with Crippen LogP contribution in [0.2, 0.25) is 10.0 Å². The van der Waals surface area contributed by atoms with Gasteiger partial charge in [-0.05, 0) is 25.0 Å². The Morgan fingerprint density at radius 1 is 1.11 bits per heavy atom. The Morgan fingerprint density at radius 3 is 2.16 bits per heavy atom. The van der Waals surface area contributed by atoms with Gasteiger partial charge in [-0.3, -0.25) is 0 Å². The topological polar surface area (TPSA) is 32.3 Å². The van der Waals surface area contributed by atoms with Crippen LogP contribution in [-0.4, -0.2) is 24.0 Å². The molecular formula is C13H15BrCl2N2O. The van der Waals surface area contributed by atoms with E-state index in [-0.39, 0.29) is 6.03 Å². The summed E-state index contributed by atoms with van der Waals surface area (Å²) in [6, 6.07) is 3.30. The first-order chi connectivity index (χ1) is 9.08. The maximum atomic E-state index is 12.2. The highest BCUT2D eigenvalue weighted by Gasteiger charge is 2.18. The van der Waals surface area contributed by atoms with Gasteiger partial charge in [-0.2, -0.15) is 0 Å². The summed E-state index contributed by atoms with van der Waals surface area (Å²) in [6.45, 7) is 1.58. The number of hydrogen-bond acceptors (Lipinski definition) is 1. The van der Waals surface area contributed by atoms with Crippen LogP contribution in [0.25, 0.3) is 0 Å². The SMILES string of the molecule is O=C(Nc1c(Cl)cc(Br)cc1Cl)N1CCCCCC1. The molecule has 1 fully saturated rings. The lowest BCUT2D eigenvalue weighted by Gasteiger charge is -2.21. The fraction of sp³-hybridized carbons (Fsp3) is 0.462. The van der Waals surface area contributed by atoms with Crippen LogP contribution in [0, 0.1) is 0 Å². The summed E-state index contributed by atoms with van der Waals surface area (Å²) in [5.41, 5.74) is 0.473. The van der Waals surface area contributed by atoms with Crippen molar-refractivity contribution < 1.29 is 4.79 Å². The first-order valence-electron chi connectivity index (χ1n) is 6.28.